The molecule has 0 spiro atoms. The van der Waals surface area contributed by atoms with Crippen LogP contribution in [0.4, 0.5) is 0 Å². The van der Waals surface area contributed by atoms with Gasteiger partial charge in [-0.05, 0) is 72.4 Å². The Bertz CT molecular complexity index is 732. The Labute approximate surface area is 192 Å². The van der Waals surface area contributed by atoms with Gasteiger partial charge in [-0.15, -0.1) is 0 Å². The predicted molar refractivity (Wildman–Crippen MR) is 135 cm³/mol. The lowest BCUT2D eigenvalue weighted by Gasteiger charge is -2.39. The van der Waals surface area contributed by atoms with Gasteiger partial charge in [-0.2, -0.15) is 0 Å². The van der Waals surface area contributed by atoms with Gasteiger partial charge in [0, 0.05) is 5.56 Å². The van der Waals surface area contributed by atoms with E-state index < -0.39 is 14.4 Å². The molecule has 0 unspecified atom stereocenters. The molecule has 1 aromatic carbocycles. The molecule has 4 atom stereocenters. The predicted octanol–water partition coefficient (Wildman–Crippen LogP) is 7.17. The van der Waals surface area contributed by atoms with Crippen LogP contribution in [0.1, 0.15) is 66.4 Å². The van der Waals surface area contributed by atoms with Crippen LogP contribution >= 0.6 is 0 Å². The third-order valence-electron chi connectivity index (χ3n) is 7.73. The monoisotopic (exact) mass is 446 g/mol. The lowest BCUT2D eigenvalue weighted by molar-refractivity contribution is 0.0427. The molecule has 1 fully saturated rings. The summed E-state index contributed by atoms with van der Waals surface area (Å²) in [7, 11) is -0.217. The molecule has 3 nitrogen and oxygen atoms in total. The van der Waals surface area contributed by atoms with Crippen LogP contribution in [0.2, 0.25) is 18.1 Å². The molecule has 2 rings (SSSR count). The second-order valence-electron chi connectivity index (χ2n) is 11.4. The van der Waals surface area contributed by atoms with E-state index in [2.05, 4.69) is 66.8 Å². The number of benzene rings is 1. The van der Waals surface area contributed by atoms with Crippen molar-refractivity contribution in [3.05, 3.63) is 35.9 Å². The number of para-hydroxylation sites is 1. The van der Waals surface area contributed by atoms with E-state index in [1.54, 1.807) is 7.11 Å². The van der Waals surface area contributed by atoms with Crippen LogP contribution in [0.25, 0.3) is 5.57 Å². The van der Waals surface area contributed by atoms with Gasteiger partial charge in [-0.25, -0.2) is 0 Å². The number of ether oxygens (including phenoxy) is 1. The van der Waals surface area contributed by atoms with E-state index >= 15 is 0 Å². The SMILES string of the molecule is COc1ccccc1/C(=C/[C@@H](O)[C@@H]1C[C@H](C)CC[C@H]1C(C)C)CO[Si](C)(C)C(C)(C)C. The highest BCUT2D eigenvalue weighted by atomic mass is 28.4. The van der Waals surface area contributed by atoms with Gasteiger partial charge in [-0.3, -0.25) is 0 Å². The summed E-state index contributed by atoms with van der Waals surface area (Å²) in [6.07, 6.45) is 5.16. The lowest BCUT2D eigenvalue weighted by Crippen LogP contribution is -2.41. The van der Waals surface area contributed by atoms with Crippen LogP contribution in [0.3, 0.4) is 0 Å². The third-order valence-corrected chi connectivity index (χ3v) is 12.2. The van der Waals surface area contributed by atoms with Crippen LogP contribution in [0.5, 0.6) is 5.75 Å². The Morgan fingerprint density at radius 2 is 1.81 bits per heavy atom. The topological polar surface area (TPSA) is 38.7 Å². The molecule has 1 aliphatic rings. The summed E-state index contributed by atoms with van der Waals surface area (Å²) >= 11 is 0. The standard InChI is InChI=1S/C27H46O3Si/c1-19(2)22-15-14-20(3)16-24(22)25(28)17-21(18-30-31(8,9)27(4,5)6)23-12-10-11-13-26(23)29-7/h10-13,17,19-20,22,24-25,28H,14-16,18H2,1-9H3/b21-17+/t20-,22+,24-,25-/m1/s1. The van der Waals surface area contributed by atoms with Crippen molar-refractivity contribution in [2.45, 2.75) is 85.0 Å². The maximum Gasteiger partial charge on any atom is 0.192 e. The van der Waals surface area contributed by atoms with Gasteiger partial charge < -0.3 is 14.3 Å². The Morgan fingerprint density at radius 3 is 2.39 bits per heavy atom. The van der Waals surface area contributed by atoms with Gasteiger partial charge in [0.1, 0.15) is 5.75 Å². The zero-order chi connectivity index (χ0) is 23.4. The molecule has 1 N–H and O–H groups in total. The zero-order valence-electron chi connectivity index (χ0n) is 21.4. The zero-order valence-corrected chi connectivity index (χ0v) is 22.4. The highest BCUT2D eigenvalue weighted by Gasteiger charge is 2.38. The van der Waals surface area contributed by atoms with Crippen LogP contribution in [0.15, 0.2) is 30.3 Å². The number of rotatable bonds is 8. The quantitative estimate of drug-likeness (QED) is 0.430. The minimum atomic E-state index is -1.92. The Hall–Kier alpha value is -1.10. The van der Waals surface area contributed by atoms with Crippen molar-refractivity contribution in [3.8, 4) is 5.75 Å². The van der Waals surface area contributed by atoms with Crippen molar-refractivity contribution in [2.75, 3.05) is 13.7 Å². The van der Waals surface area contributed by atoms with E-state index in [-0.39, 0.29) is 5.04 Å². The molecule has 0 radical (unpaired) electrons. The van der Waals surface area contributed by atoms with Crippen molar-refractivity contribution in [1.82, 2.24) is 0 Å². The van der Waals surface area contributed by atoms with Gasteiger partial charge >= 0.3 is 0 Å². The summed E-state index contributed by atoms with van der Waals surface area (Å²) in [5.74, 6) is 2.93. The van der Waals surface area contributed by atoms with Gasteiger partial charge in [-0.1, -0.05) is 66.2 Å². The molecule has 0 bridgehead atoms. The molecule has 31 heavy (non-hydrogen) atoms. The maximum absolute atomic E-state index is 11.4. The van der Waals surface area contributed by atoms with Crippen molar-refractivity contribution in [2.24, 2.45) is 23.7 Å². The smallest absolute Gasteiger partial charge is 0.192 e. The fourth-order valence-corrected chi connectivity index (χ4v) is 5.55. The molecule has 1 aromatic rings. The molecule has 0 amide bonds. The molecule has 0 heterocycles. The highest BCUT2D eigenvalue weighted by molar-refractivity contribution is 6.74. The number of hydrogen-bond acceptors (Lipinski definition) is 3. The van der Waals surface area contributed by atoms with Gasteiger partial charge in [0.05, 0.1) is 19.8 Å². The lowest BCUT2D eigenvalue weighted by atomic mass is 9.68. The number of aliphatic hydroxyl groups is 1. The molecule has 4 heteroatoms. The van der Waals surface area contributed by atoms with E-state index in [1.807, 2.05) is 18.2 Å². The average molecular weight is 447 g/mol. The van der Waals surface area contributed by atoms with Crippen LogP contribution in [-0.2, 0) is 4.43 Å². The highest BCUT2D eigenvalue weighted by Crippen LogP contribution is 2.41. The number of methoxy groups -OCH3 is 1. The summed E-state index contributed by atoms with van der Waals surface area (Å²) in [5.41, 5.74) is 2.06. The second-order valence-corrected chi connectivity index (χ2v) is 16.2. The van der Waals surface area contributed by atoms with Crippen molar-refractivity contribution >= 4 is 13.9 Å². The third kappa shape index (κ3) is 6.69. The largest absolute Gasteiger partial charge is 0.496 e. The molecule has 0 aromatic heterocycles. The number of aliphatic hydroxyl groups excluding tert-OH is 1. The first-order chi connectivity index (χ1) is 14.4. The first-order valence-corrected chi connectivity index (χ1v) is 14.9. The maximum atomic E-state index is 11.4. The minimum Gasteiger partial charge on any atom is -0.496 e. The van der Waals surface area contributed by atoms with Crippen molar-refractivity contribution in [1.29, 1.82) is 0 Å². The Balaban J connectivity index is 2.40. The molecule has 176 valence electrons. The summed E-state index contributed by atoms with van der Waals surface area (Å²) < 4.78 is 12.3. The van der Waals surface area contributed by atoms with E-state index in [1.165, 1.54) is 12.8 Å². The van der Waals surface area contributed by atoms with Gasteiger partial charge in [0.25, 0.3) is 0 Å². The van der Waals surface area contributed by atoms with Gasteiger partial charge in [0.15, 0.2) is 8.32 Å². The fourth-order valence-electron chi connectivity index (χ4n) is 4.60. The van der Waals surface area contributed by atoms with E-state index in [4.69, 9.17) is 9.16 Å². The summed E-state index contributed by atoms with van der Waals surface area (Å²) in [5, 5.41) is 11.6. The molecule has 1 aliphatic carbocycles. The summed E-state index contributed by atoms with van der Waals surface area (Å²) in [6.45, 7) is 18.8. The van der Waals surface area contributed by atoms with Crippen LogP contribution in [0, 0.1) is 23.7 Å². The Kier molecular flexibility index (Phi) is 9.01. The normalized spacial score (nSPS) is 24.4. The first-order valence-electron chi connectivity index (χ1n) is 12.0. The van der Waals surface area contributed by atoms with Crippen LogP contribution < -0.4 is 4.74 Å². The molecular weight excluding hydrogens is 400 g/mol. The molecule has 0 saturated heterocycles. The first kappa shape index (κ1) is 26.2. The fraction of sp³-hybridized carbons (Fsp3) is 0.704. The van der Waals surface area contributed by atoms with E-state index in [9.17, 15) is 5.11 Å². The van der Waals surface area contributed by atoms with Crippen molar-refractivity contribution < 1.29 is 14.3 Å². The number of hydrogen-bond donors (Lipinski definition) is 1. The molecule has 1 saturated carbocycles. The summed E-state index contributed by atoms with van der Waals surface area (Å²) in [4.78, 5) is 0. The van der Waals surface area contributed by atoms with Crippen molar-refractivity contribution in [3.63, 3.8) is 0 Å². The minimum absolute atomic E-state index is 0.138. The average Bonchev–Trinajstić information content (AvgIpc) is 2.69. The molecule has 0 aliphatic heterocycles. The van der Waals surface area contributed by atoms with E-state index in [0.717, 1.165) is 23.3 Å². The second kappa shape index (κ2) is 10.7. The van der Waals surface area contributed by atoms with Gasteiger partial charge in [0.2, 0.25) is 0 Å². The summed E-state index contributed by atoms with van der Waals surface area (Å²) in [6, 6.07) is 8.09. The van der Waals surface area contributed by atoms with Crippen LogP contribution in [-0.4, -0.2) is 33.2 Å². The van der Waals surface area contributed by atoms with E-state index in [0.29, 0.717) is 30.3 Å². The Morgan fingerprint density at radius 1 is 1.16 bits per heavy atom. The molecular formula is C27H46O3Si.